The molecule has 8 aromatic carbocycles. The molecule has 0 fully saturated rings. The van der Waals surface area contributed by atoms with Crippen LogP contribution in [0.3, 0.4) is 0 Å². The van der Waals surface area contributed by atoms with Crippen LogP contribution >= 0.6 is 0 Å². The summed E-state index contributed by atoms with van der Waals surface area (Å²) in [5.74, 6) is 2.33. The van der Waals surface area contributed by atoms with Gasteiger partial charge < -0.3 is 0 Å². The minimum absolute atomic E-state index is 0. The van der Waals surface area contributed by atoms with Crippen LogP contribution in [0.5, 0.6) is 0 Å². The molecule has 0 saturated heterocycles. The predicted octanol–water partition coefficient (Wildman–Crippen LogP) is 14.8. The van der Waals surface area contributed by atoms with E-state index in [0.29, 0.717) is 23.7 Å². The van der Waals surface area contributed by atoms with Crippen molar-refractivity contribution in [3.8, 4) is 33.4 Å². The Hall–Kier alpha value is -4.37. The molecule has 0 aliphatic carbocycles. The van der Waals surface area contributed by atoms with E-state index in [4.69, 9.17) is 0 Å². The number of benzene rings is 6. The van der Waals surface area contributed by atoms with Crippen molar-refractivity contribution in [2.45, 2.75) is 91.9 Å². The first-order chi connectivity index (χ1) is 27.7. The smallest absolute Gasteiger partial charge is 0.0920 e. The molecule has 9 rings (SSSR count). The van der Waals surface area contributed by atoms with Crippen LogP contribution in [0.25, 0.3) is 54.9 Å². The van der Waals surface area contributed by atoms with Gasteiger partial charge in [0, 0.05) is 25.8 Å². The maximum atomic E-state index is 3.31. The molecule has 1 aliphatic heterocycles. The van der Waals surface area contributed by atoms with E-state index in [1.165, 1.54) is 100 Å². The average molecular weight is 937 g/mol. The van der Waals surface area contributed by atoms with Crippen LogP contribution in [0.2, 0.25) is 0 Å². The molecule has 0 N–H and O–H groups in total. The summed E-state index contributed by atoms with van der Waals surface area (Å²) in [4.78, 5) is 0. The molecule has 0 aromatic heterocycles. The molecule has 292 valence electrons. The van der Waals surface area contributed by atoms with Crippen LogP contribution in [-0.2, 0) is 25.8 Å². The van der Waals surface area contributed by atoms with E-state index in [1.54, 1.807) is 0 Å². The van der Waals surface area contributed by atoms with Crippen molar-refractivity contribution in [1.29, 1.82) is 0 Å². The van der Waals surface area contributed by atoms with Gasteiger partial charge in [-0.05, 0) is 45.9 Å². The largest absolute Gasteiger partial charge is 0.184 e. The Bertz CT molecular complexity index is 2400. The van der Waals surface area contributed by atoms with Gasteiger partial charge >= 0.3 is 0 Å². The molecule has 0 saturated carbocycles. The van der Waals surface area contributed by atoms with E-state index >= 15 is 0 Å². The zero-order valence-electron chi connectivity index (χ0n) is 35.7. The van der Waals surface area contributed by atoms with Crippen LogP contribution < -0.4 is 10.4 Å². The Morgan fingerprint density at radius 1 is 0.483 bits per heavy atom. The Balaban J connectivity index is 0.000000150. The van der Waals surface area contributed by atoms with E-state index in [2.05, 4.69) is 207 Å². The third-order valence-corrected chi connectivity index (χ3v) is 13.4. The minimum Gasteiger partial charge on any atom is -0.184 e. The molecule has 2 atom stereocenters. The van der Waals surface area contributed by atoms with Crippen molar-refractivity contribution in [3.63, 3.8) is 0 Å². The fourth-order valence-electron chi connectivity index (χ4n) is 8.24. The molecule has 2 unspecified atom stereocenters. The molecule has 58 heavy (non-hydrogen) atoms. The standard InChI is InChI=1S/2C22H25.C12H7Si.Hf/c2*1-5-16(4)18-13-17-9-8-12-21(22(17)14-18)20-11-7-6-10-19(20)15(2)3;1-3-7-11-9(5-1)10-6-2-4-8-12(10)13-11;/h2*6-16H,5H2,1-4H3;1-7H;/q3*-1;. The fraction of sp³-hybridized carbons (Fsp3) is 0.250. The second kappa shape index (κ2) is 19.6. The summed E-state index contributed by atoms with van der Waals surface area (Å²) in [6, 6.07) is 58.7. The molecule has 2 radical (unpaired) electrons. The van der Waals surface area contributed by atoms with Crippen molar-refractivity contribution in [2.24, 2.45) is 0 Å². The second-order valence-electron chi connectivity index (χ2n) is 16.4. The summed E-state index contributed by atoms with van der Waals surface area (Å²) in [6.45, 7) is 18.2. The second-order valence-corrected chi connectivity index (χ2v) is 17.7. The fourth-order valence-corrected chi connectivity index (χ4v) is 9.55. The maximum absolute atomic E-state index is 3.31. The van der Waals surface area contributed by atoms with E-state index in [-0.39, 0.29) is 25.8 Å². The monoisotopic (exact) mass is 937 g/mol. The van der Waals surface area contributed by atoms with Gasteiger partial charge in [-0.25, -0.2) is 0 Å². The van der Waals surface area contributed by atoms with Crippen LogP contribution in [-0.4, -0.2) is 9.52 Å². The molecule has 8 aromatic rings. The van der Waals surface area contributed by atoms with E-state index in [9.17, 15) is 0 Å². The first-order valence-corrected chi connectivity index (χ1v) is 22.1. The Labute approximate surface area is 370 Å². The van der Waals surface area contributed by atoms with Crippen molar-refractivity contribution >= 4 is 41.4 Å². The van der Waals surface area contributed by atoms with E-state index in [0.717, 1.165) is 9.52 Å². The zero-order valence-corrected chi connectivity index (χ0v) is 40.3. The van der Waals surface area contributed by atoms with Crippen molar-refractivity contribution in [3.05, 3.63) is 180 Å². The van der Waals surface area contributed by atoms with Gasteiger partial charge in [-0.3, -0.25) is 0 Å². The van der Waals surface area contributed by atoms with Gasteiger partial charge in [0.2, 0.25) is 0 Å². The zero-order chi connectivity index (χ0) is 40.1. The molecule has 0 spiro atoms. The maximum Gasteiger partial charge on any atom is 0.0920 e. The number of fused-ring (bicyclic) bond motifs is 5. The molecule has 0 nitrogen and oxygen atoms in total. The molecule has 2 heteroatoms. The minimum atomic E-state index is 0. The summed E-state index contributed by atoms with van der Waals surface area (Å²) in [5, 5.41) is 8.35. The van der Waals surface area contributed by atoms with Crippen molar-refractivity contribution in [1.82, 2.24) is 0 Å². The number of hydrogen-bond donors (Lipinski definition) is 0. The van der Waals surface area contributed by atoms with Gasteiger partial charge in [0.15, 0.2) is 0 Å². The predicted molar refractivity (Wildman–Crippen MR) is 251 cm³/mol. The van der Waals surface area contributed by atoms with Gasteiger partial charge in [0.1, 0.15) is 0 Å². The van der Waals surface area contributed by atoms with Crippen molar-refractivity contribution in [2.75, 3.05) is 0 Å². The van der Waals surface area contributed by atoms with Gasteiger partial charge in [-0.1, -0.05) is 175 Å². The first kappa shape index (κ1) is 43.2. The first-order valence-electron chi connectivity index (χ1n) is 21.1. The van der Waals surface area contributed by atoms with Crippen LogP contribution in [0.4, 0.5) is 0 Å². The molecule has 0 bridgehead atoms. The SMILES string of the molecule is CCC(C)c1cc2c(-c3ccccc3C(C)C)cccc2[cH-]1.CCC(C)c1cc2c(-c3ccccc3C(C)C)cccc2[cH-]1.[Hf].[c-]1cccc2c1[Si]c1ccccc1-2. The third-order valence-electron chi connectivity index (χ3n) is 12.0. The Kier molecular flexibility index (Phi) is 14.6. The third kappa shape index (κ3) is 9.25. The van der Waals surface area contributed by atoms with E-state index in [1.807, 2.05) is 6.07 Å². The van der Waals surface area contributed by atoms with Crippen LogP contribution in [0.15, 0.2) is 152 Å². The summed E-state index contributed by atoms with van der Waals surface area (Å²) < 4.78 is 0. The van der Waals surface area contributed by atoms with Crippen LogP contribution in [0.1, 0.15) is 114 Å². The number of rotatable bonds is 8. The van der Waals surface area contributed by atoms with E-state index < -0.39 is 0 Å². The molecule has 1 heterocycles. The summed E-state index contributed by atoms with van der Waals surface area (Å²) >= 11 is 0. The molecule has 0 amide bonds. The summed E-state index contributed by atoms with van der Waals surface area (Å²) in [5.41, 5.74) is 14.1. The Morgan fingerprint density at radius 3 is 1.40 bits per heavy atom. The van der Waals surface area contributed by atoms with Gasteiger partial charge in [0.25, 0.3) is 0 Å². The number of hydrogen-bond acceptors (Lipinski definition) is 0. The summed E-state index contributed by atoms with van der Waals surface area (Å²) in [6.07, 6.45) is 2.38. The quantitative estimate of drug-likeness (QED) is 0.105. The molecular formula is C56H57HfSi-3. The van der Waals surface area contributed by atoms with Gasteiger partial charge in [-0.2, -0.15) is 41.6 Å². The van der Waals surface area contributed by atoms with Gasteiger partial charge in [0.05, 0.1) is 9.52 Å². The van der Waals surface area contributed by atoms with Crippen molar-refractivity contribution < 1.29 is 25.8 Å². The van der Waals surface area contributed by atoms with Crippen LogP contribution in [0, 0.1) is 6.07 Å². The Morgan fingerprint density at radius 2 is 0.914 bits per heavy atom. The van der Waals surface area contributed by atoms with Gasteiger partial charge in [-0.15, -0.1) is 74.6 Å². The topological polar surface area (TPSA) is 0 Å². The average Bonchev–Trinajstić information content (AvgIpc) is 3.99. The molecule has 1 aliphatic rings. The normalized spacial score (nSPS) is 12.6. The summed E-state index contributed by atoms with van der Waals surface area (Å²) in [7, 11) is 0.795. The molecular weight excluding hydrogens is 879 g/mol.